The third kappa shape index (κ3) is 28.0. The van der Waals surface area contributed by atoms with Crippen molar-refractivity contribution in [3.8, 4) is 0 Å². The van der Waals surface area contributed by atoms with Crippen LogP contribution in [0.2, 0.25) is 0 Å². The van der Waals surface area contributed by atoms with E-state index in [-0.39, 0.29) is 25.1 Å². The van der Waals surface area contributed by atoms with Crippen molar-refractivity contribution >= 4 is 12.1 Å². The van der Waals surface area contributed by atoms with Gasteiger partial charge in [0.05, 0.1) is 13.2 Å². The molecule has 0 aromatic rings. The lowest BCUT2D eigenvalue weighted by Crippen LogP contribution is -2.19. The molecule has 236 valence electrons. The number of hydrogen-bond acceptors (Lipinski definition) is 6. The summed E-state index contributed by atoms with van der Waals surface area (Å²) >= 11 is 0. The summed E-state index contributed by atoms with van der Waals surface area (Å²) in [4.78, 5) is 26.5. The van der Waals surface area contributed by atoms with Crippen LogP contribution in [0.3, 0.4) is 0 Å². The van der Waals surface area contributed by atoms with Gasteiger partial charge in [0.1, 0.15) is 6.61 Å². The molecule has 40 heavy (non-hydrogen) atoms. The molecule has 0 radical (unpaired) electrons. The number of allylic oxidation sites excluding steroid dienone is 1. The van der Waals surface area contributed by atoms with Crippen molar-refractivity contribution in [3.63, 3.8) is 0 Å². The number of carbonyl (C=O) groups is 2. The molecule has 0 aromatic carbocycles. The predicted octanol–water partition coefficient (Wildman–Crippen LogP) is 9.65. The van der Waals surface area contributed by atoms with Gasteiger partial charge in [-0.2, -0.15) is 0 Å². The molecule has 0 aliphatic rings. The molecule has 0 fully saturated rings. The molecule has 0 saturated heterocycles. The fraction of sp³-hybridized carbons (Fsp3) is 0.882. The lowest BCUT2D eigenvalue weighted by molar-refractivity contribution is -0.139. The predicted molar refractivity (Wildman–Crippen MR) is 168 cm³/mol. The summed E-state index contributed by atoms with van der Waals surface area (Å²) in [7, 11) is 4.04. The summed E-state index contributed by atoms with van der Waals surface area (Å²) in [6.07, 6.45) is 25.5. The normalized spacial score (nSPS) is 11.8. The molecule has 6 nitrogen and oxygen atoms in total. The zero-order valence-corrected chi connectivity index (χ0v) is 27.1. The van der Waals surface area contributed by atoms with E-state index < -0.39 is 6.16 Å². The minimum Gasteiger partial charge on any atom is -0.462 e. The Kier molecular flexibility index (Phi) is 27.8. The summed E-state index contributed by atoms with van der Waals surface area (Å²) in [5.74, 6) is -0.355. The topological polar surface area (TPSA) is 65.1 Å². The Morgan fingerprint density at radius 1 is 0.625 bits per heavy atom. The first-order valence-electron chi connectivity index (χ1n) is 16.7. The maximum Gasteiger partial charge on any atom is 0.508 e. The third-order valence-corrected chi connectivity index (χ3v) is 7.24. The molecule has 0 bridgehead atoms. The van der Waals surface area contributed by atoms with Gasteiger partial charge >= 0.3 is 12.1 Å². The molecule has 0 saturated carbocycles. The number of nitrogens with zero attached hydrogens (tertiary/aromatic N) is 1. The first kappa shape index (κ1) is 38.4. The van der Waals surface area contributed by atoms with Crippen LogP contribution in [0, 0.1) is 5.92 Å². The number of ether oxygens (including phenoxy) is 3. The fourth-order valence-corrected chi connectivity index (χ4v) is 4.66. The van der Waals surface area contributed by atoms with E-state index in [2.05, 4.69) is 18.7 Å². The monoisotopic (exact) mass is 567 g/mol. The Balaban J connectivity index is 4.36. The summed E-state index contributed by atoms with van der Waals surface area (Å²) in [5.41, 5.74) is 1.23. The minimum atomic E-state index is -0.652. The maximum atomic E-state index is 12.6. The lowest BCUT2D eigenvalue weighted by atomic mass is 9.99. The van der Waals surface area contributed by atoms with Gasteiger partial charge in [-0.25, -0.2) is 9.59 Å². The molecule has 0 rings (SSSR count). The Morgan fingerprint density at radius 2 is 1.10 bits per heavy atom. The number of rotatable bonds is 28. The molecule has 1 atom stereocenters. The summed E-state index contributed by atoms with van der Waals surface area (Å²) in [6.45, 7) is 8.16. The Morgan fingerprint density at radius 3 is 1.60 bits per heavy atom. The third-order valence-electron chi connectivity index (χ3n) is 7.24. The van der Waals surface area contributed by atoms with Crippen molar-refractivity contribution < 1.29 is 23.8 Å². The molecule has 0 aliphatic heterocycles. The van der Waals surface area contributed by atoms with Crippen LogP contribution in [0.1, 0.15) is 149 Å². The number of esters is 1. The van der Waals surface area contributed by atoms with Crippen LogP contribution < -0.4 is 0 Å². The largest absolute Gasteiger partial charge is 0.508 e. The molecule has 0 amide bonds. The second kappa shape index (κ2) is 29.0. The van der Waals surface area contributed by atoms with Crippen LogP contribution in [-0.4, -0.2) is 57.5 Å². The molecule has 0 N–H and O–H groups in total. The second-order valence-electron chi connectivity index (χ2n) is 11.9. The Hall–Kier alpha value is -1.56. The zero-order chi connectivity index (χ0) is 29.7. The van der Waals surface area contributed by atoms with Gasteiger partial charge in [-0.15, -0.1) is 0 Å². The van der Waals surface area contributed by atoms with E-state index in [0.717, 1.165) is 45.1 Å². The minimum absolute atomic E-state index is 0.0810. The van der Waals surface area contributed by atoms with Crippen LogP contribution in [0.4, 0.5) is 4.79 Å². The smallest absolute Gasteiger partial charge is 0.462 e. The van der Waals surface area contributed by atoms with Crippen molar-refractivity contribution in [1.29, 1.82) is 0 Å². The van der Waals surface area contributed by atoms with Gasteiger partial charge < -0.3 is 19.1 Å². The van der Waals surface area contributed by atoms with Gasteiger partial charge in [0.15, 0.2) is 0 Å². The number of carbonyl (C=O) groups excluding carboxylic acids is 2. The van der Waals surface area contributed by atoms with Crippen LogP contribution >= 0.6 is 0 Å². The van der Waals surface area contributed by atoms with E-state index in [4.69, 9.17) is 14.2 Å². The van der Waals surface area contributed by atoms with E-state index in [1.807, 2.05) is 21.0 Å². The maximum absolute atomic E-state index is 12.6. The standard InChI is InChI=1S/C34H65NO5/c1-6-8-10-12-14-16-18-20-24-32(25-21-19-17-15-13-11-9-7-2)28-33(36)39-29-31(3)30-40-34(37)38-27-23-22-26-35(4)5/h28,31H,6-27,29-30H2,1-5H3. The summed E-state index contributed by atoms with van der Waals surface area (Å²) in [5, 5.41) is 0. The average molecular weight is 568 g/mol. The van der Waals surface area contributed by atoms with E-state index >= 15 is 0 Å². The molecule has 0 heterocycles. The van der Waals surface area contributed by atoms with E-state index in [9.17, 15) is 9.59 Å². The highest BCUT2D eigenvalue weighted by Crippen LogP contribution is 2.19. The highest BCUT2D eigenvalue weighted by molar-refractivity contribution is 5.82. The van der Waals surface area contributed by atoms with Crippen molar-refractivity contribution in [1.82, 2.24) is 4.90 Å². The summed E-state index contributed by atoms with van der Waals surface area (Å²) in [6, 6.07) is 0. The van der Waals surface area contributed by atoms with Crippen molar-refractivity contribution in [3.05, 3.63) is 11.6 Å². The SMILES string of the molecule is CCCCCCCCCCC(=CC(=O)OCC(C)COC(=O)OCCCCN(C)C)CCCCCCCCCC. The van der Waals surface area contributed by atoms with E-state index in [0.29, 0.717) is 6.61 Å². The average Bonchev–Trinajstić information content (AvgIpc) is 2.93. The number of unbranched alkanes of at least 4 members (excludes halogenated alkanes) is 15. The molecular formula is C34H65NO5. The van der Waals surface area contributed by atoms with Gasteiger partial charge in [-0.3, -0.25) is 0 Å². The Labute approximate surface area is 248 Å². The van der Waals surface area contributed by atoms with E-state index in [1.165, 1.54) is 95.5 Å². The van der Waals surface area contributed by atoms with E-state index in [1.54, 1.807) is 6.08 Å². The molecular weight excluding hydrogens is 502 g/mol. The van der Waals surface area contributed by atoms with Crippen molar-refractivity contribution in [2.75, 3.05) is 40.5 Å². The van der Waals surface area contributed by atoms with Gasteiger partial charge in [0.2, 0.25) is 0 Å². The zero-order valence-electron chi connectivity index (χ0n) is 27.1. The van der Waals surface area contributed by atoms with Crippen molar-refractivity contribution in [2.45, 2.75) is 149 Å². The first-order valence-corrected chi connectivity index (χ1v) is 16.7. The molecule has 0 spiro atoms. The first-order chi connectivity index (χ1) is 19.4. The van der Waals surface area contributed by atoms with Gasteiger partial charge in [0, 0.05) is 12.0 Å². The highest BCUT2D eigenvalue weighted by Gasteiger charge is 2.11. The van der Waals surface area contributed by atoms with Crippen LogP contribution in [-0.2, 0) is 19.0 Å². The quantitative estimate of drug-likeness (QED) is 0.0533. The lowest BCUT2D eigenvalue weighted by Gasteiger charge is -2.13. The van der Waals surface area contributed by atoms with Crippen LogP contribution in [0.15, 0.2) is 11.6 Å². The summed E-state index contributed by atoms with van der Waals surface area (Å²) < 4.78 is 15.8. The van der Waals surface area contributed by atoms with Gasteiger partial charge in [-0.1, -0.05) is 116 Å². The van der Waals surface area contributed by atoms with Gasteiger partial charge in [-0.05, 0) is 59.2 Å². The fourth-order valence-electron chi connectivity index (χ4n) is 4.66. The van der Waals surface area contributed by atoms with Crippen molar-refractivity contribution in [2.24, 2.45) is 5.92 Å². The molecule has 0 aliphatic carbocycles. The van der Waals surface area contributed by atoms with Crippen LogP contribution in [0.25, 0.3) is 0 Å². The molecule has 6 heteroatoms. The number of hydrogen-bond donors (Lipinski definition) is 0. The molecule has 0 aromatic heterocycles. The molecule has 1 unspecified atom stereocenters. The van der Waals surface area contributed by atoms with Crippen LogP contribution in [0.5, 0.6) is 0 Å². The second-order valence-corrected chi connectivity index (χ2v) is 11.9. The van der Waals surface area contributed by atoms with Gasteiger partial charge in [0.25, 0.3) is 0 Å². The Bertz CT molecular complexity index is 597. The highest BCUT2D eigenvalue weighted by atomic mass is 16.7.